The van der Waals surface area contributed by atoms with E-state index in [1.54, 1.807) is 0 Å². The summed E-state index contributed by atoms with van der Waals surface area (Å²) in [6.45, 7) is 0.414. The molecule has 2 N–H and O–H groups in total. The van der Waals surface area contributed by atoms with Crippen molar-refractivity contribution >= 4 is 11.8 Å². The van der Waals surface area contributed by atoms with E-state index in [1.165, 1.54) is 11.3 Å². The van der Waals surface area contributed by atoms with Gasteiger partial charge in [-0.05, 0) is 37.8 Å². The summed E-state index contributed by atoms with van der Waals surface area (Å²) in [6, 6.07) is 10.5. The number of ether oxygens (including phenoxy) is 1. The van der Waals surface area contributed by atoms with Gasteiger partial charge in [0.05, 0.1) is 17.0 Å². The molecule has 0 amide bonds. The zero-order valence-electron chi connectivity index (χ0n) is 11.6. The smallest absolute Gasteiger partial charge is 0.0754 e. The third kappa shape index (κ3) is 2.62. The maximum atomic E-state index is 9.28. The average molecular weight is 294 g/mol. The van der Waals surface area contributed by atoms with Crippen LogP contribution >= 0.6 is 11.8 Å². The van der Waals surface area contributed by atoms with E-state index in [0.717, 1.165) is 12.8 Å². The molecule has 1 aromatic rings. The second-order valence-electron chi connectivity index (χ2n) is 5.72. The first-order valence-corrected chi connectivity index (χ1v) is 8.23. The summed E-state index contributed by atoms with van der Waals surface area (Å²) in [6.07, 6.45) is 4.03. The van der Waals surface area contributed by atoms with Gasteiger partial charge in [0.2, 0.25) is 0 Å². The highest BCUT2D eigenvalue weighted by molar-refractivity contribution is 8.01. The minimum Gasteiger partial charge on any atom is -0.396 e. The monoisotopic (exact) mass is 294 g/mol. The fraction of sp³-hybridized carbons (Fsp3) is 0.625. The highest BCUT2D eigenvalue weighted by Gasteiger charge is 2.68. The Morgan fingerprint density at radius 2 is 1.95 bits per heavy atom. The molecule has 1 aliphatic heterocycles. The molecular weight excluding hydrogens is 272 g/mol. The van der Waals surface area contributed by atoms with Gasteiger partial charge in [-0.2, -0.15) is 0 Å². The predicted octanol–water partition coefficient (Wildman–Crippen LogP) is 2.46. The molecule has 2 fully saturated rings. The molecule has 0 unspecified atom stereocenters. The SMILES string of the molecule is OCCC[C@H]1O[C@H](CCO)[C@]2(Sc3ccccc3)C[C@H]12. The lowest BCUT2D eigenvalue weighted by molar-refractivity contribution is -0.000778. The highest BCUT2D eigenvalue weighted by Crippen LogP contribution is 2.67. The Balaban J connectivity index is 1.71. The van der Waals surface area contributed by atoms with Crippen molar-refractivity contribution in [1.29, 1.82) is 0 Å². The van der Waals surface area contributed by atoms with Crippen LogP contribution in [0, 0.1) is 5.92 Å². The first kappa shape index (κ1) is 14.4. The minimum absolute atomic E-state index is 0.145. The topological polar surface area (TPSA) is 49.7 Å². The van der Waals surface area contributed by atoms with Crippen molar-refractivity contribution in [3.8, 4) is 0 Å². The van der Waals surface area contributed by atoms with Crippen LogP contribution in [-0.4, -0.2) is 40.4 Å². The summed E-state index contributed by atoms with van der Waals surface area (Å²) in [5, 5.41) is 18.3. The van der Waals surface area contributed by atoms with Gasteiger partial charge in [-0.1, -0.05) is 18.2 Å². The second kappa shape index (κ2) is 6.06. The lowest BCUT2D eigenvalue weighted by Gasteiger charge is -2.22. The van der Waals surface area contributed by atoms with E-state index in [2.05, 4.69) is 24.3 Å². The average Bonchev–Trinajstić information content (AvgIpc) is 3.12. The van der Waals surface area contributed by atoms with Crippen LogP contribution in [0.1, 0.15) is 25.7 Å². The van der Waals surface area contributed by atoms with Gasteiger partial charge in [0.1, 0.15) is 0 Å². The zero-order chi connectivity index (χ0) is 14.0. The Morgan fingerprint density at radius 1 is 1.15 bits per heavy atom. The molecule has 0 spiro atoms. The first-order valence-electron chi connectivity index (χ1n) is 7.41. The van der Waals surface area contributed by atoms with Gasteiger partial charge >= 0.3 is 0 Å². The van der Waals surface area contributed by atoms with Crippen LogP contribution in [0.5, 0.6) is 0 Å². The van der Waals surface area contributed by atoms with Crippen LogP contribution < -0.4 is 0 Å². The molecule has 2 aliphatic rings. The van der Waals surface area contributed by atoms with Gasteiger partial charge < -0.3 is 14.9 Å². The number of benzene rings is 1. The van der Waals surface area contributed by atoms with Crippen molar-refractivity contribution in [2.24, 2.45) is 5.92 Å². The lowest BCUT2D eigenvalue weighted by Crippen LogP contribution is -2.26. The molecule has 1 aliphatic carbocycles. The molecule has 1 saturated carbocycles. The molecule has 110 valence electrons. The summed E-state index contributed by atoms with van der Waals surface area (Å²) >= 11 is 1.91. The normalized spacial score (nSPS) is 35.0. The third-order valence-electron chi connectivity index (χ3n) is 4.43. The van der Waals surface area contributed by atoms with E-state index < -0.39 is 0 Å². The molecule has 3 rings (SSSR count). The van der Waals surface area contributed by atoms with Crippen molar-refractivity contribution in [3.63, 3.8) is 0 Å². The van der Waals surface area contributed by atoms with E-state index >= 15 is 0 Å². The van der Waals surface area contributed by atoms with Crippen LogP contribution in [0.3, 0.4) is 0 Å². The highest BCUT2D eigenvalue weighted by atomic mass is 32.2. The van der Waals surface area contributed by atoms with E-state index in [0.29, 0.717) is 12.3 Å². The van der Waals surface area contributed by atoms with Crippen molar-refractivity contribution in [1.82, 2.24) is 0 Å². The molecule has 0 radical (unpaired) electrons. The molecule has 4 atom stereocenters. The quantitative estimate of drug-likeness (QED) is 0.811. The largest absolute Gasteiger partial charge is 0.396 e. The summed E-state index contributed by atoms with van der Waals surface area (Å²) in [7, 11) is 0. The molecule has 0 bridgehead atoms. The van der Waals surface area contributed by atoms with Gasteiger partial charge in [0.15, 0.2) is 0 Å². The van der Waals surface area contributed by atoms with E-state index in [-0.39, 0.29) is 30.2 Å². The Morgan fingerprint density at radius 3 is 2.65 bits per heavy atom. The number of hydrogen-bond donors (Lipinski definition) is 2. The summed E-state index contributed by atoms with van der Waals surface area (Å²) < 4.78 is 6.31. The van der Waals surface area contributed by atoms with Crippen molar-refractivity contribution in [2.45, 2.75) is 47.5 Å². The fourth-order valence-corrected chi connectivity index (χ4v) is 5.01. The van der Waals surface area contributed by atoms with E-state index in [1.807, 2.05) is 17.8 Å². The molecular formula is C16H22O3S. The standard InChI is InChI=1S/C16H22O3S/c17-9-4-7-14-13-11-16(13,15(19-14)8-10-18)20-12-5-2-1-3-6-12/h1-3,5-6,13-15,17-18H,4,7-11H2/t13-,14-,15-,16+/m1/s1. The molecule has 1 aromatic carbocycles. The molecule has 20 heavy (non-hydrogen) atoms. The zero-order valence-corrected chi connectivity index (χ0v) is 12.4. The summed E-state index contributed by atoms with van der Waals surface area (Å²) in [5.41, 5.74) is 0. The van der Waals surface area contributed by atoms with Gasteiger partial charge in [-0.25, -0.2) is 0 Å². The van der Waals surface area contributed by atoms with Gasteiger partial charge in [-0.15, -0.1) is 11.8 Å². The number of thioether (sulfide) groups is 1. The van der Waals surface area contributed by atoms with Gasteiger partial charge in [-0.3, -0.25) is 0 Å². The van der Waals surface area contributed by atoms with Crippen molar-refractivity contribution in [2.75, 3.05) is 13.2 Å². The van der Waals surface area contributed by atoms with Crippen LogP contribution in [0.25, 0.3) is 0 Å². The molecule has 4 heteroatoms. The van der Waals surface area contributed by atoms with Crippen molar-refractivity contribution < 1.29 is 14.9 Å². The molecule has 1 heterocycles. The number of aliphatic hydroxyl groups excluding tert-OH is 2. The fourth-order valence-electron chi connectivity index (χ4n) is 3.40. The van der Waals surface area contributed by atoms with Gasteiger partial charge in [0, 0.05) is 24.0 Å². The number of hydrogen-bond acceptors (Lipinski definition) is 4. The second-order valence-corrected chi connectivity index (χ2v) is 7.16. The van der Waals surface area contributed by atoms with E-state index in [4.69, 9.17) is 9.84 Å². The maximum absolute atomic E-state index is 9.28. The molecule has 3 nitrogen and oxygen atoms in total. The Bertz CT molecular complexity index is 439. The Labute approximate surface area is 124 Å². The Kier molecular flexibility index (Phi) is 4.36. The lowest BCUT2D eigenvalue weighted by atomic mass is 10.1. The number of aliphatic hydroxyl groups is 2. The van der Waals surface area contributed by atoms with Crippen LogP contribution in [0.2, 0.25) is 0 Å². The van der Waals surface area contributed by atoms with Crippen molar-refractivity contribution in [3.05, 3.63) is 30.3 Å². The summed E-state index contributed by atoms with van der Waals surface area (Å²) in [4.78, 5) is 1.28. The maximum Gasteiger partial charge on any atom is 0.0754 e. The molecule has 1 saturated heterocycles. The Hall–Kier alpha value is -0.550. The van der Waals surface area contributed by atoms with Crippen LogP contribution in [0.15, 0.2) is 35.2 Å². The number of rotatable bonds is 7. The van der Waals surface area contributed by atoms with Crippen LogP contribution in [0.4, 0.5) is 0 Å². The third-order valence-corrected chi connectivity index (χ3v) is 6.05. The van der Waals surface area contributed by atoms with Crippen LogP contribution in [-0.2, 0) is 4.74 Å². The van der Waals surface area contributed by atoms with Gasteiger partial charge in [0.25, 0.3) is 0 Å². The van der Waals surface area contributed by atoms with E-state index in [9.17, 15) is 5.11 Å². The predicted molar refractivity (Wildman–Crippen MR) is 79.8 cm³/mol. The first-order chi connectivity index (χ1) is 9.80. The molecule has 0 aromatic heterocycles. The minimum atomic E-state index is 0.145. The summed E-state index contributed by atoms with van der Waals surface area (Å²) in [5.74, 6) is 0.579. The number of fused-ring (bicyclic) bond motifs is 1.